The quantitative estimate of drug-likeness (QED) is 0.900. The van der Waals surface area contributed by atoms with Crippen molar-refractivity contribution in [1.82, 2.24) is 0 Å². The highest BCUT2D eigenvalue weighted by Crippen LogP contribution is 2.42. The number of hydrogen-bond donors (Lipinski definition) is 1. The molecule has 1 fully saturated rings. The van der Waals surface area contributed by atoms with E-state index >= 15 is 0 Å². The van der Waals surface area contributed by atoms with Crippen LogP contribution in [0, 0.1) is 11.8 Å². The van der Waals surface area contributed by atoms with E-state index in [1.54, 1.807) is 11.3 Å². The van der Waals surface area contributed by atoms with Crippen LogP contribution in [-0.2, 0) is 4.74 Å². The normalized spacial score (nSPS) is 32.8. The minimum absolute atomic E-state index is 0.0612. The van der Waals surface area contributed by atoms with E-state index in [0.29, 0.717) is 17.9 Å². The fourth-order valence-electron chi connectivity index (χ4n) is 3.38. The van der Waals surface area contributed by atoms with Gasteiger partial charge in [-0.3, -0.25) is 0 Å². The van der Waals surface area contributed by atoms with Crippen molar-refractivity contribution >= 4 is 21.4 Å². The first-order valence-corrected chi connectivity index (χ1v) is 7.84. The third kappa shape index (κ3) is 2.10. The molecule has 0 bridgehead atoms. The van der Waals surface area contributed by atoms with Crippen molar-refractivity contribution in [2.24, 2.45) is 17.6 Å². The van der Waals surface area contributed by atoms with Crippen molar-refractivity contribution in [1.29, 1.82) is 0 Å². The first-order chi connectivity index (χ1) is 9.09. The Labute approximate surface area is 118 Å². The van der Waals surface area contributed by atoms with Gasteiger partial charge in [0.2, 0.25) is 0 Å². The lowest BCUT2D eigenvalue weighted by Gasteiger charge is -2.25. The van der Waals surface area contributed by atoms with Gasteiger partial charge >= 0.3 is 0 Å². The number of hydrogen-bond acceptors (Lipinski definition) is 3. The minimum Gasteiger partial charge on any atom is -0.375 e. The van der Waals surface area contributed by atoms with Crippen LogP contribution in [0.15, 0.2) is 29.6 Å². The smallest absolute Gasteiger partial charge is 0.0600 e. The van der Waals surface area contributed by atoms with E-state index in [1.165, 1.54) is 15.6 Å². The number of thiophene rings is 1. The van der Waals surface area contributed by atoms with Gasteiger partial charge < -0.3 is 10.5 Å². The zero-order valence-corrected chi connectivity index (χ0v) is 12.5. The predicted octanol–water partition coefficient (Wildman–Crippen LogP) is 3.96. The second-order valence-corrected chi connectivity index (χ2v) is 6.61. The molecule has 1 saturated heterocycles. The summed E-state index contributed by atoms with van der Waals surface area (Å²) in [6, 6.07) is 8.57. The van der Waals surface area contributed by atoms with Gasteiger partial charge in [-0.2, -0.15) is 0 Å². The van der Waals surface area contributed by atoms with Crippen LogP contribution < -0.4 is 5.73 Å². The molecule has 5 atom stereocenters. The molecule has 1 aliphatic heterocycles. The molecule has 0 saturated carbocycles. The van der Waals surface area contributed by atoms with Crippen LogP contribution in [0.2, 0.25) is 0 Å². The molecule has 2 heterocycles. The highest BCUT2D eigenvalue weighted by atomic mass is 32.1. The van der Waals surface area contributed by atoms with E-state index in [4.69, 9.17) is 10.5 Å². The molecule has 3 rings (SSSR count). The van der Waals surface area contributed by atoms with Gasteiger partial charge in [0, 0.05) is 16.7 Å². The average Bonchev–Trinajstić information content (AvgIpc) is 2.91. The molecule has 5 unspecified atom stereocenters. The Morgan fingerprint density at radius 3 is 2.58 bits per heavy atom. The Morgan fingerprint density at radius 2 is 1.89 bits per heavy atom. The minimum atomic E-state index is 0.0612. The highest BCUT2D eigenvalue weighted by molar-refractivity contribution is 7.17. The number of rotatable bonds is 2. The van der Waals surface area contributed by atoms with Crippen LogP contribution in [0.5, 0.6) is 0 Å². The van der Waals surface area contributed by atoms with Gasteiger partial charge in [-0.25, -0.2) is 0 Å². The zero-order valence-electron chi connectivity index (χ0n) is 11.7. The summed E-state index contributed by atoms with van der Waals surface area (Å²) in [4.78, 5) is 0. The van der Waals surface area contributed by atoms with Gasteiger partial charge in [-0.15, -0.1) is 11.3 Å². The van der Waals surface area contributed by atoms with Gasteiger partial charge in [0.05, 0.1) is 12.2 Å². The van der Waals surface area contributed by atoms with E-state index in [0.717, 1.165) is 0 Å². The highest BCUT2D eigenvalue weighted by Gasteiger charge is 2.41. The molecule has 1 aromatic heterocycles. The molecule has 19 heavy (non-hydrogen) atoms. The fourth-order valence-corrected chi connectivity index (χ4v) is 4.38. The standard InChI is InChI=1S/C16H21NOS/c1-9-10(2)18-11(3)15(9)16(17)13-8-19-14-7-5-4-6-12(13)14/h4-11,15-16H,17H2,1-3H3. The van der Waals surface area contributed by atoms with Gasteiger partial charge in [-0.05, 0) is 42.2 Å². The summed E-state index contributed by atoms with van der Waals surface area (Å²) in [7, 11) is 0. The SMILES string of the molecule is CC1OC(C)C(C(N)c2csc3ccccc23)C1C. The van der Waals surface area contributed by atoms with Crippen molar-refractivity contribution in [3.63, 3.8) is 0 Å². The molecule has 2 N–H and O–H groups in total. The summed E-state index contributed by atoms with van der Waals surface area (Å²) in [5, 5.41) is 3.52. The van der Waals surface area contributed by atoms with Crippen LogP contribution in [0.1, 0.15) is 32.4 Å². The molecule has 0 aliphatic carbocycles. The summed E-state index contributed by atoms with van der Waals surface area (Å²) in [5.74, 6) is 0.900. The number of ether oxygens (including phenoxy) is 1. The zero-order chi connectivity index (χ0) is 13.6. The van der Waals surface area contributed by atoms with Crippen LogP contribution in [0.4, 0.5) is 0 Å². The van der Waals surface area contributed by atoms with Gasteiger partial charge in [0.25, 0.3) is 0 Å². The first-order valence-electron chi connectivity index (χ1n) is 6.96. The van der Waals surface area contributed by atoms with Gasteiger partial charge in [-0.1, -0.05) is 25.1 Å². The maximum atomic E-state index is 6.58. The second kappa shape index (κ2) is 4.89. The fraction of sp³-hybridized carbons (Fsp3) is 0.500. The van der Waals surface area contributed by atoms with Crippen LogP contribution >= 0.6 is 11.3 Å². The maximum absolute atomic E-state index is 6.58. The molecule has 0 amide bonds. The molecule has 2 nitrogen and oxygen atoms in total. The topological polar surface area (TPSA) is 35.2 Å². The number of fused-ring (bicyclic) bond motifs is 1. The predicted molar refractivity (Wildman–Crippen MR) is 81.4 cm³/mol. The van der Waals surface area contributed by atoms with Crippen molar-refractivity contribution in [2.75, 3.05) is 0 Å². The van der Waals surface area contributed by atoms with Gasteiger partial charge in [0.1, 0.15) is 0 Å². The monoisotopic (exact) mass is 275 g/mol. The molecule has 1 aromatic carbocycles. The molecule has 3 heteroatoms. The molecule has 2 aromatic rings. The van der Waals surface area contributed by atoms with Crippen molar-refractivity contribution in [2.45, 2.75) is 39.0 Å². The molecular formula is C16H21NOS. The average molecular weight is 275 g/mol. The largest absolute Gasteiger partial charge is 0.375 e. The second-order valence-electron chi connectivity index (χ2n) is 5.70. The summed E-state index contributed by atoms with van der Waals surface area (Å²) >= 11 is 1.78. The summed E-state index contributed by atoms with van der Waals surface area (Å²) < 4.78 is 7.26. The lowest BCUT2D eigenvalue weighted by Crippen LogP contribution is -2.30. The van der Waals surface area contributed by atoms with Gasteiger partial charge in [0.15, 0.2) is 0 Å². The Bertz CT molecular complexity index is 579. The molecule has 0 spiro atoms. The van der Waals surface area contributed by atoms with Crippen LogP contribution in [0.25, 0.3) is 10.1 Å². The molecular weight excluding hydrogens is 254 g/mol. The summed E-state index contributed by atoms with van der Waals surface area (Å²) in [5.41, 5.74) is 7.86. The van der Waals surface area contributed by atoms with Crippen LogP contribution in [-0.4, -0.2) is 12.2 Å². The third-order valence-electron chi connectivity index (χ3n) is 4.60. The maximum Gasteiger partial charge on any atom is 0.0600 e. The van der Waals surface area contributed by atoms with E-state index in [9.17, 15) is 0 Å². The number of nitrogens with two attached hydrogens (primary N) is 1. The lowest BCUT2D eigenvalue weighted by molar-refractivity contribution is 0.0490. The Morgan fingerprint density at radius 1 is 1.16 bits per heavy atom. The Hall–Kier alpha value is -0.900. The molecule has 102 valence electrons. The third-order valence-corrected chi connectivity index (χ3v) is 5.59. The molecule has 0 radical (unpaired) electrons. The van der Waals surface area contributed by atoms with E-state index in [-0.39, 0.29) is 12.1 Å². The Balaban J connectivity index is 1.98. The summed E-state index contributed by atoms with van der Waals surface area (Å²) in [6.07, 6.45) is 0.537. The van der Waals surface area contributed by atoms with E-state index in [1.807, 2.05) is 0 Å². The first kappa shape index (κ1) is 13.1. The lowest BCUT2D eigenvalue weighted by atomic mass is 9.81. The van der Waals surface area contributed by atoms with E-state index < -0.39 is 0 Å². The van der Waals surface area contributed by atoms with Crippen molar-refractivity contribution in [3.05, 3.63) is 35.2 Å². The van der Waals surface area contributed by atoms with Crippen molar-refractivity contribution < 1.29 is 4.74 Å². The van der Waals surface area contributed by atoms with Crippen LogP contribution in [0.3, 0.4) is 0 Å². The molecule has 1 aliphatic rings. The Kier molecular flexibility index (Phi) is 3.37. The van der Waals surface area contributed by atoms with Crippen molar-refractivity contribution in [3.8, 4) is 0 Å². The number of benzene rings is 1. The van der Waals surface area contributed by atoms with E-state index in [2.05, 4.69) is 50.4 Å². The summed E-state index contributed by atoms with van der Waals surface area (Å²) in [6.45, 7) is 6.56.